The first-order valence-corrected chi connectivity index (χ1v) is 6.50. The van der Waals surface area contributed by atoms with Crippen molar-refractivity contribution in [2.45, 2.75) is 58.9 Å². The Bertz CT molecular complexity index is 164. The van der Waals surface area contributed by atoms with Crippen LogP contribution in [0.4, 0.5) is 0 Å². The molecule has 2 nitrogen and oxygen atoms in total. The number of nitrogens with one attached hydrogen (secondary N) is 1. The van der Waals surface area contributed by atoms with Crippen LogP contribution in [0.5, 0.6) is 0 Å². The van der Waals surface area contributed by atoms with Gasteiger partial charge in [-0.1, -0.05) is 20.3 Å². The second-order valence-corrected chi connectivity index (χ2v) is 5.19. The normalized spacial score (nSPS) is 19.2. The van der Waals surface area contributed by atoms with Crippen LogP contribution in [-0.4, -0.2) is 25.8 Å². The first-order valence-electron chi connectivity index (χ1n) is 6.50. The number of hydrogen-bond acceptors (Lipinski definition) is 2. The molecule has 0 heterocycles. The Hall–Kier alpha value is -0.0800. The Labute approximate surface area is 94.8 Å². The van der Waals surface area contributed by atoms with Gasteiger partial charge in [0.15, 0.2) is 0 Å². The summed E-state index contributed by atoms with van der Waals surface area (Å²) in [6.45, 7) is 9.53. The SMILES string of the molecule is CCOCCCC1(CNC(C)C)CCC1. The third-order valence-electron chi connectivity index (χ3n) is 3.50. The summed E-state index contributed by atoms with van der Waals surface area (Å²) in [4.78, 5) is 0. The second kappa shape index (κ2) is 6.49. The molecule has 0 aliphatic heterocycles. The van der Waals surface area contributed by atoms with E-state index in [9.17, 15) is 0 Å². The maximum absolute atomic E-state index is 5.40. The summed E-state index contributed by atoms with van der Waals surface area (Å²) >= 11 is 0. The zero-order valence-corrected chi connectivity index (χ0v) is 10.6. The maximum Gasteiger partial charge on any atom is 0.0466 e. The molecule has 0 unspecified atom stereocenters. The summed E-state index contributed by atoms with van der Waals surface area (Å²) in [5, 5.41) is 3.59. The highest BCUT2D eigenvalue weighted by atomic mass is 16.5. The molecule has 0 bridgehead atoms. The molecule has 1 saturated carbocycles. The van der Waals surface area contributed by atoms with Crippen LogP contribution in [0.2, 0.25) is 0 Å². The Kier molecular flexibility index (Phi) is 5.62. The molecule has 1 N–H and O–H groups in total. The van der Waals surface area contributed by atoms with Crippen molar-refractivity contribution in [3.05, 3.63) is 0 Å². The summed E-state index contributed by atoms with van der Waals surface area (Å²) in [5.41, 5.74) is 0.612. The average Bonchev–Trinajstić information content (AvgIpc) is 2.14. The molecule has 0 atom stereocenters. The zero-order chi connectivity index (χ0) is 11.1. The van der Waals surface area contributed by atoms with Crippen LogP contribution < -0.4 is 5.32 Å². The summed E-state index contributed by atoms with van der Waals surface area (Å²) < 4.78 is 5.40. The number of ether oxygens (including phenoxy) is 1. The van der Waals surface area contributed by atoms with Crippen LogP contribution in [-0.2, 0) is 4.74 Å². The molecule has 1 aliphatic carbocycles. The van der Waals surface area contributed by atoms with Gasteiger partial charge in [-0.25, -0.2) is 0 Å². The molecular formula is C13H27NO. The van der Waals surface area contributed by atoms with Gasteiger partial charge in [-0.2, -0.15) is 0 Å². The van der Waals surface area contributed by atoms with E-state index in [1.807, 2.05) is 0 Å². The van der Waals surface area contributed by atoms with Crippen molar-refractivity contribution >= 4 is 0 Å². The van der Waals surface area contributed by atoms with Crippen molar-refractivity contribution in [3.63, 3.8) is 0 Å². The van der Waals surface area contributed by atoms with E-state index in [1.165, 1.54) is 38.6 Å². The predicted octanol–water partition coefficient (Wildman–Crippen LogP) is 2.97. The van der Waals surface area contributed by atoms with Crippen molar-refractivity contribution in [1.29, 1.82) is 0 Å². The molecule has 2 heteroatoms. The predicted molar refractivity (Wildman–Crippen MR) is 65.1 cm³/mol. The molecule has 0 amide bonds. The van der Waals surface area contributed by atoms with Gasteiger partial charge in [0.2, 0.25) is 0 Å². The quantitative estimate of drug-likeness (QED) is 0.626. The van der Waals surface area contributed by atoms with E-state index in [-0.39, 0.29) is 0 Å². The second-order valence-electron chi connectivity index (χ2n) is 5.19. The highest BCUT2D eigenvalue weighted by Crippen LogP contribution is 2.44. The van der Waals surface area contributed by atoms with Crippen LogP contribution in [0.25, 0.3) is 0 Å². The fourth-order valence-electron chi connectivity index (χ4n) is 2.31. The largest absolute Gasteiger partial charge is 0.382 e. The lowest BCUT2D eigenvalue weighted by Gasteiger charge is -2.43. The topological polar surface area (TPSA) is 21.3 Å². The Morgan fingerprint density at radius 2 is 2.07 bits per heavy atom. The zero-order valence-electron chi connectivity index (χ0n) is 10.6. The van der Waals surface area contributed by atoms with E-state index in [1.54, 1.807) is 0 Å². The average molecular weight is 213 g/mol. The lowest BCUT2D eigenvalue weighted by atomic mass is 9.66. The molecule has 0 radical (unpaired) electrons. The fraction of sp³-hybridized carbons (Fsp3) is 1.00. The van der Waals surface area contributed by atoms with Crippen LogP contribution in [0.1, 0.15) is 52.9 Å². The minimum absolute atomic E-state index is 0.612. The molecule has 0 spiro atoms. The van der Waals surface area contributed by atoms with Crippen molar-refractivity contribution in [3.8, 4) is 0 Å². The van der Waals surface area contributed by atoms with Crippen molar-refractivity contribution in [2.75, 3.05) is 19.8 Å². The summed E-state index contributed by atoms with van der Waals surface area (Å²) in [7, 11) is 0. The van der Waals surface area contributed by atoms with E-state index in [4.69, 9.17) is 4.74 Å². The van der Waals surface area contributed by atoms with Crippen molar-refractivity contribution < 1.29 is 4.74 Å². The van der Waals surface area contributed by atoms with Gasteiger partial charge >= 0.3 is 0 Å². The monoisotopic (exact) mass is 213 g/mol. The molecule has 0 aromatic rings. The van der Waals surface area contributed by atoms with E-state index in [0.29, 0.717) is 11.5 Å². The third kappa shape index (κ3) is 4.52. The molecule has 1 aliphatic rings. The van der Waals surface area contributed by atoms with Crippen LogP contribution in [0.15, 0.2) is 0 Å². The molecule has 0 aromatic carbocycles. The molecule has 0 aromatic heterocycles. The molecule has 1 fully saturated rings. The van der Waals surface area contributed by atoms with Gasteiger partial charge in [0.1, 0.15) is 0 Å². The Morgan fingerprint density at radius 1 is 1.33 bits per heavy atom. The number of rotatable bonds is 8. The van der Waals surface area contributed by atoms with Gasteiger partial charge in [0.05, 0.1) is 0 Å². The van der Waals surface area contributed by atoms with E-state index in [2.05, 4.69) is 26.1 Å². The van der Waals surface area contributed by atoms with Gasteiger partial charge in [0.25, 0.3) is 0 Å². The highest BCUT2D eigenvalue weighted by molar-refractivity contribution is 4.89. The van der Waals surface area contributed by atoms with Crippen molar-refractivity contribution in [2.24, 2.45) is 5.41 Å². The van der Waals surface area contributed by atoms with Crippen LogP contribution >= 0.6 is 0 Å². The van der Waals surface area contributed by atoms with Gasteiger partial charge in [-0.3, -0.25) is 0 Å². The smallest absolute Gasteiger partial charge is 0.0466 e. The maximum atomic E-state index is 5.40. The van der Waals surface area contributed by atoms with Crippen LogP contribution in [0, 0.1) is 5.41 Å². The van der Waals surface area contributed by atoms with Gasteiger partial charge in [-0.05, 0) is 38.0 Å². The lowest BCUT2D eigenvalue weighted by Crippen LogP contribution is -2.42. The van der Waals surface area contributed by atoms with Crippen molar-refractivity contribution in [1.82, 2.24) is 5.32 Å². The van der Waals surface area contributed by atoms with Gasteiger partial charge < -0.3 is 10.1 Å². The first kappa shape index (κ1) is 13.0. The van der Waals surface area contributed by atoms with Crippen LogP contribution in [0.3, 0.4) is 0 Å². The highest BCUT2D eigenvalue weighted by Gasteiger charge is 2.35. The van der Waals surface area contributed by atoms with E-state index in [0.717, 1.165) is 13.2 Å². The van der Waals surface area contributed by atoms with E-state index < -0.39 is 0 Å². The van der Waals surface area contributed by atoms with Gasteiger partial charge in [0, 0.05) is 25.8 Å². The molecule has 0 saturated heterocycles. The molecular weight excluding hydrogens is 186 g/mol. The summed E-state index contributed by atoms with van der Waals surface area (Å²) in [5.74, 6) is 0. The Morgan fingerprint density at radius 3 is 2.53 bits per heavy atom. The minimum Gasteiger partial charge on any atom is -0.382 e. The summed E-state index contributed by atoms with van der Waals surface area (Å²) in [6, 6.07) is 0.620. The molecule has 90 valence electrons. The minimum atomic E-state index is 0.612. The Balaban J connectivity index is 2.15. The van der Waals surface area contributed by atoms with E-state index >= 15 is 0 Å². The lowest BCUT2D eigenvalue weighted by molar-refractivity contribution is 0.0821. The van der Waals surface area contributed by atoms with Gasteiger partial charge in [-0.15, -0.1) is 0 Å². The fourth-order valence-corrected chi connectivity index (χ4v) is 2.31. The first-order chi connectivity index (χ1) is 7.18. The summed E-state index contributed by atoms with van der Waals surface area (Å²) in [6.07, 6.45) is 6.83. The third-order valence-corrected chi connectivity index (χ3v) is 3.50. The number of hydrogen-bond donors (Lipinski definition) is 1. The standard InChI is InChI=1S/C13H27NO/c1-4-15-10-6-9-13(7-5-8-13)11-14-12(2)3/h12,14H,4-11H2,1-3H3. The molecule has 15 heavy (non-hydrogen) atoms. The molecule has 1 rings (SSSR count).